The van der Waals surface area contributed by atoms with Crippen LogP contribution in [0.25, 0.3) is 5.69 Å². The minimum Gasteiger partial charge on any atom is -0.370 e. The van der Waals surface area contributed by atoms with Gasteiger partial charge in [0.15, 0.2) is 5.96 Å². The van der Waals surface area contributed by atoms with Crippen molar-refractivity contribution in [2.45, 2.75) is 39.2 Å². The van der Waals surface area contributed by atoms with Gasteiger partial charge in [-0.05, 0) is 30.2 Å². The summed E-state index contributed by atoms with van der Waals surface area (Å²) in [5, 5.41) is 7.36. The Kier molecular flexibility index (Phi) is 6.48. The fourth-order valence-electron chi connectivity index (χ4n) is 2.18. The van der Waals surface area contributed by atoms with Gasteiger partial charge in [0.2, 0.25) is 0 Å². The molecule has 5 heteroatoms. The first-order valence-corrected chi connectivity index (χ1v) is 7.92. The van der Waals surface area contributed by atoms with E-state index < -0.39 is 0 Å². The molecule has 0 fully saturated rings. The highest BCUT2D eigenvalue weighted by atomic mass is 15.3. The lowest BCUT2D eigenvalue weighted by atomic mass is 10.2. The van der Waals surface area contributed by atoms with E-state index in [2.05, 4.69) is 34.5 Å². The van der Waals surface area contributed by atoms with E-state index >= 15 is 0 Å². The van der Waals surface area contributed by atoms with Gasteiger partial charge in [0.05, 0.1) is 12.2 Å². The summed E-state index contributed by atoms with van der Waals surface area (Å²) in [7, 11) is 0. The van der Waals surface area contributed by atoms with Gasteiger partial charge in [-0.25, -0.2) is 9.67 Å². The van der Waals surface area contributed by atoms with Crippen molar-refractivity contribution in [3.63, 3.8) is 0 Å². The highest BCUT2D eigenvalue weighted by Gasteiger charge is 1.97. The monoisotopic (exact) mass is 299 g/mol. The van der Waals surface area contributed by atoms with Gasteiger partial charge in [-0.3, -0.25) is 0 Å². The number of nitrogens with zero attached hydrogens (tertiary/aromatic N) is 3. The lowest BCUT2D eigenvalue weighted by molar-refractivity contribution is 0.652. The van der Waals surface area contributed by atoms with Gasteiger partial charge in [-0.1, -0.05) is 38.3 Å². The average molecular weight is 299 g/mol. The first-order valence-electron chi connectivity index (χ1n) is 7.92. The fourth-order valence-corrected chi connectivity index (χ4v) is 2.18. The summed E-state index contributed by atoms with van der Waals surface area (Å²) in [6, 6.07) is 10.1. The Morgan fingerprint density at radius 2 is 2.05 bits per heavy atom. The summed E-state index contributed by atoms with van der Waals surface area (Å²) in [4.78, 5) is 4.37. The highest BCUT2D eigenvalue weighted by Crippen LogP contribution is 2.09. The first kappa shape index (κ1) is 16.1. The van der Waals surface area contributed by atoms with Crippen LogP contribution in [0.5, 0.6) is 0 Å². The number of benzene rings is 1. The molecule has 22 heavy (non-hydrogen) atoms. The van der Waals surface area contributed by atoms with Gasteiger partial charge in [-0.2, -0.15) is 5.10 Å². The van der Waals surface area contributed by atoms with Gasteiger partial charge in [0, 0.05) is 18.9 Å². The van der Waals surface area contributed by atoms with Crippen LogP contribution in [0.1, 0.15) is 38.2 Å². The summed E-state index contributed by atoms with van der Waals surface area (Å²) >= 11 is 0. The molecule has 0 unspecified atom stereocenters. The number of unbranched alkanes of at least 4 members (excludes halogenated alkanes) is 3. The van der Waals surface area contributed by atoms with Gasteiger partial charge < -0.3 is 11.1 Å². The molecule has 118 valence electrons. The molecular weight excluding hydrogens is 274 g/mol. The number of nitrogens with two attached hydrogens (primary N) is 1. The van der Waals surface area contributed by atoms with Crippen LogP contribution in [-0.2, 0) is 6.54 Å². The van der Waals surface area contributed by atoms with Crippen LogP contribution in [0.15, 0.2) is 47.7 Å². The van der Waals surface area contributed by atoms with E-state index in [1.807, 2.05) is 29.1 Å². The van der Waals surface area contributed by atoms with Crippen LogP contribution >= 0.6 is 0 Å². The van der Waals surface area contributed by atoms with Crippen LogP contribution in [0.4, 0.5) is 0 Å². The standard InChI is InChI=1S/C17H25N5/c1-2-3-4-5-11-19-17(18)20-14-15-7-9-16(10-8-15)22-13-6-12-21-22/h6-10,12-13H,2-5,11,14H2,1H3,(H3,18,19,20). The second kappa shape index (κ2) is 8.87. The molecule has 0 aliphatic rings. The maximum Gasteiger partial charge on any atom is 0.188 e. The van der Waals surface area contributed by atoms with Crippen molar-refractivity contribution in [1.82, 2.24) is 15.1 Å². The van der Waals surface area contributed by atoms with Crippen LogP contribution in [0.3, 0.4) is 0 Å². The summed E-state index contributed by atoms with van der Waals surface area (Å²) in [5.74, 6) is 0.521. The minimum atomic E-state index is 0.521. The molecule has 0 amide bonds. The van der Waals surface area contributed by atoms with Crippen LogP contribution < -0.4 is 11.1 Å². The Balaban J connectivity index is 1.77. The number of hydrogen-bond donors (Lipinski definition) is 2. The van der Waals surface area contributed by atoms with E-state index in [-0.39, 0.29) is 0 Å². The molecule has 5 nitrogen and oxygen atoms in total. The zero-order valence-electron chi connectivity index (χ0n) is 13.2. The largest absolute Gasteiger partial charge is 0.370 e. The van der Waals surface area contributed by atoms with Crippen LogP contribution in [-0.4, -0.2) is 22.3 Å². The Morgan fingerprint density at radius 1 is 1.23 bits per heavy atom. The normalized spacial score (nSPS) is 11.6. The molecule has 0 aliphatic carbocycles. The molecule has 0 saturated heterocycles. The lowest BCUT2D eigenvalue weighted by Gasteiger charge is -2.06. The molecule has 0 spiro atoms. The first-order chi connectivity index (χ1) is 10.8. The SMILES string of the molecule is CCCCCCNC(N)=NCc1ccc(-n2cccn2)cc1. The summed E-state index contributed by atoms with van der Waals surface area (Å²) in [6.45, 7) is 3.70. The van der Waals surface area contributed by atoms with Crippen molar-refractivity contribution >= 4 is 5.96 Å². The molecule has 2 aromatic rings. The third-order valence-corrected chi connectivity index (χ3v) is 3.47. The minimum absolute atomic E-state index is 0.521. The number of guanidine groups is 1. The number of nitrogens with one attached hydrogen (secondary N) is 1. The quantitative estimate of drug-likeness (QED) is 0.447. The number of hydrogen-bond acceptors (Lipinski definition) is 2. The van der Waals surface area contributed by atoms with E-state index in [9.17, 15) is 0 Å². The predicted molar refractivity (Wildman–Crippen MR) is 91.0 cm³/mol. The van der Waals surface area contributed by atoms with Gasteiger partial charge in [-0.15, -0.1) is 0 Å². The summed E-state index contributed by atoms with van der Waals surface area (Å²) < 4.78 is 1.83. The Morgan fingerprint density at radius 3 is 2.73 bits per heavy atom. The molecule has 1 heterocycles. The smallest absolute Gasteiger partial charge is 0.188 e. The van der Waals surface area contributed by atoms with E-state index in [1.54, 1.807) is 6.20 Å². The second-order valence-electron chi connectivity index (χ2n) is 5.31. The molecule has 0 radical (unpaired) electrons. The average Bonchev–Trinajstić information content (AvgIpc) is 3.08. The lowest BCUT2D eigenvalue weighted by Crippen LogP contribution is -2.32. The van der Waals surface area contributed by atoms with Gasteiger partial charge in [0.1, 0.15) is 0 Å². The maximum absolute atomic E-state index is 5.87. The zero-order chi connectivity index (χ0) is 15.6. The molecule has 1 aromatic carbocycles. The third kappa shape index (κ3) is 5.24. The van der Waals surface area contributed by atoms with Crippen molar-refractivity contribution in [2.24, 2.45) is 10.7 Å². The van der Waals surface area contributed by atoms with Crippen LogP contribution in [0.2, 0.25) is 0 Å². The summed E-state index contributed by atoms with van der Waals surface area (Å²) in [6.07, 6.45) is 8.60. The fraction of sp³-hybridized carbons (Fsp3) is 0.412. The molecule has 2 rings (SSSR count). The molecule has 0 bridgehead atoms. The topological polar surface area (TPSA) is 68.2 Å². The molecule has 0 saturated carbocycles. The molecule has 0 aliphatic heterocycles. The van der Waals surface area contributed by atoms with Crippen molar-refractivity contribution < 1.29 is 0 Å². The maximum atomic E-state index is 5.87. The van der Waals surface area contributed by atoms with Crippen LogP contribution in [0, 0.1) is 0 Å². The highest BCUT2D eigenvalue weighted by molar-refractivity contribution is 5.77. The number of aromatic nitrogens is 2. The molecule has 1 aromatic heterocycles. The zero-order valence-corrected chi connectivity index (χ0v) is 13.2. The Bertz CT molecular complexity index is 557. The van der Waals surface area contributed by atoms with Crippen molar-refractivity contribution in [2.75, 3.05) is 6.54 Å². The van der Waals surface area contributed by atoms with E-state index in [4.69, 9.17) is 5.73 Å². The Labute approximate surface area is 132 Å². The van der Waals surface area contributed by atoms with Crippen molar-refractivity contribution in [1.29, 1.82) is 0 Å². The van der Waals surface area contributed by atoms with Crippen molar-refractivity contribution in [3.8, 4) is 5.69 Å². The molecule has 0 atom stereocenters. The van der Waals surface area contributed by atoms with Gasteiger partial charge >= 0.3 is 0 Å². The third-order valence-electron chi connectivity index (χ3n) is 3.47. The summed E-state index contributed by atoms with van der Waals surface area (Å²) in [5.41, 5.74) is 8.04. The van der Waals surface area contributed by atoms with Gasteiger partial charge in [0.25, 0.3) is 0 Å². The van der Waals surface area contributed by atoms with E-state index in [1.165, 1.54) is 19.3 Å². The Hall–Kier alpha value is -2.30. The second-order valence-corrected chi connectivity index (χ2v) is 5.31. The number of rotatable bonds is 8. The van der Waals surface area contributed by atoms with E-state index in [0.29, 0.717) is 12.5 Å². The van der Waals surface area contributed by atoms with E-state index in [0.717, 1.165) is 24.2 Å². The molecule has 3 N–H and O–H groups in total. The van der Waals surface area contributed by atoms with Crippen molar-refractivity contribution in [3.05, 3.63) is 48.3 Å². The predicted octanol–water partition coefficient (Wildman–Crippen LogP) is 2.86. The number of aliphatic imine (C=N–C) groups is 1. The molecular formula is C17H25N5.